The molecular weight excluding hydrogens is 442 g/mol. The van der Waals surface area contributed by atoms with Gasteiger partial charge in [-0.05, 0) is 0 Å². The van der Waals surface area contributed by atoms with Crippen LogP contribution >= 0.6 is 45.2 Å². The molecule has 2 aromatic rings. The van der Waals surface area contributed by atoms with Crippen molar-refractivity contribution in [2.24, 2.45) is 5.41 Å². The first-order chi connectivity index (χ1) is 8.28. The molecule has 0 atom stereocenters. The van der Waals surface area contributed by atoms with Crippen LogP contribution in [-0.4, -0.2) is 28.8 Å². The normalized spacial score (nSPS) is 11.9. The molecule has 0 aliphatic heterocycles. The van der Waals surface area contributed by atoms with E-state index in [1.807, 2.05) is 24.8 Å². The van der Waals surface area contributed by atoms with E-state index >= 15 is 0 Å². The molecule has 0 aliphatic rings. The predicted molar refractivity (Wildman–Crippen MR) is 84.8 cm³/mol. The number of hydrogen-bond donors (Lipinski definition) is 2. The highest BCUT2D eigenvalue weighted by Crippen LogP contribution is 2.30. The maximum atomic E-state index is 4.33. The zero-order valence-electron chi connectivity index (χ0n) is 9.29. The Bertz CT molecular complexity index is 382. The molecule has 4 nitrogen and oxygen atoms in total. The number of halogens is 2. The lowest BCUT2D eigenvalue weighted by Gasteiger charge is -2.28. The number of hydrogen-bond acceptors (Lipinski definition) is 2. The van der Waals surface area contributed by atoms with E-state index in [9.17, 15) is 0 Å². The van der Waals surface area contributed by atoms with Crippen molar-refractivity contribution in [2.45, 2.75) is 12.8 Å². The fraction of sp³-hybridized carbons (Fsp3) is 0.455. The lowest BCUT2D eigenvalue weighted by molar-refractivity contribution is 0.377. The number of H-pyrrole nitrogens is 2. The van der Waals surface area contributed by atoms with E-state index < -0.39 is 0 Å². The van der Waals surface area contributed by atoms with Crippen LogP contribution in [0.15, 0.2) is 24.8 Å². The summed E-state index contributed by atoms with van der Waals surface area (Å²) in [6, 6.07) is 0. The van der Waals surface area contributed by atoms with Crippen molar-refractivity contribution in [1.82, 2.24) is 19.9 Å². The zero-order chi connectivity index (χ0) is 12.1. The SMILES string of the molecule is ICC(CI)(Cc1ncc[nH]1)Cc1ncc[nH]1. The smallest absolute Gasteiger partial charge is 0.106 e. The highest BCUT2D eigenvalue weighted by atomic mass is 127. The predicted octanol–water partition coefficient (Wildman–Crippen LogP) is 2.77. The Morgan fingerprint density at radius 3 is 1.71 bits per heavy atom. The molecule has 0 aliphatic carbocycles. The van der Waals surface area contributed by atoms with Gasteiger partial charge in [-0.3, -0.25) is 0 Å². The number of imidazole rings is 2. The molecule has 17 heavy (non-hydrogen) atoms. The zero-order valence-corrected chi connectivity index (χ0v) is 13.6. The Morgan fingerprint density at radius 2 is 1.41 bits per heavy atom. The topological polar surface area (TPSA) is 57.4 Å². The van der Waals surface area contributed by atoms with Gasteiger partial charge in [-0.25, -0.2) is 9.97 Å². The molecule has 6 heteroatoms. The van der Waals surface area contributed by atoms with Crippen LogP contribution in [0.25, 0.3) is 0 Å². The molecule has 0 spiro atoms. The third-order valence-corrected chi connectivity index (χ3v) is 6.00. The van der Waals surface area contributed by atoms with Crippen molar-refractivity contribution < 1.29 is 0 Å². The third-order valence-electron chi connectivity index (χ3n) is 2.76. The highest BCUT2D eigenvalue weighted by molar-refractivity contribution is 14.1. The van der Waals surface area contributed by atoms with E-state index in [0.29, 0.717) is 0 Å². The monoisotopic (exact) mass is 456 g/mol. The average molecular weight is 456 g/mol. The van der Waals surface area contributed by atoms with Gasteiger partial charge < -0.3 is 9.97 Å². The summed E-state index contributed by atoms with van der Waals surface area (Å²) < 4.78 is 2.18. The summed E-state index contributed by atoms with van der Waals surface area (Å²) in [5.41, 5.74) is 0.219. The number of rotatable bonds is 6. The average Bonchev–Trinajstić information content (AvgIpc) is 3.01. The molecule has 2 heterocycles. The maximum Gasteiger partial charge on any atom is 0.106 e. The number of nitrogens with zero attached hydrogens (tertiary/aromatic N) is 2. The van der Waals surface area contributed by atoms with E-state index in [0.717, 1.165) is 33.3 Å². The van der Waals surface area contributed by atoms with Crippen molar-refractivity contribution >= 4 is 45.2 Å². The van der Waals surface area contributed by atoms with Crippen molar-refractivity contribution in [1.29, 1.82) is 0 Å². The highest BCUT2D eigenvalue weighted by Gasteiger charge is 2.30. The molecule has 2 N–H and O–H groups in total. The first-order valence-electron chi connectivity index (χ1n) is 5.36. The van der Waals surface area contributed by atoms with Crippen molar-refractivity contribution in [3.05, 3.63) is 36.4 Å². The maximum absolute atomic E-state index is 4.33. The Hall–Kier alpha value is -0.120. The summed E-state index contributed by atoms with van der Waals surface area (Å²) in [7, 11) is 0. The van der Waals surface area contributed by atoms with Gasteiger partial charge in [0.05, 0.1) is 0 Å². The molecule has 2 aromatic heterocycles. The van der Waals surface area contributed by atoms with Gasteiger partial charge in [-0.2, -0.15) is 0 Å². The largest absolute Gasteiger partial charge is 0.349 e. The lowest BCUT2D eigenvalue weighted by Crippen LogP contribution is -2.31. The van der Waals surface area contributed by atoms with Gasteiger partial charge >= 0.3 is 0 Å². The fourth-order valence-corrected chi connectivity index (χ4v) is 4.44. The van der Waals surface area contributed by atoms with E-state index in [4.69, 9.17) is 0 Å². The second-order valence-corrected chi connectivity index (χ2v) is 5.72. The fourth-order valence-electron chi connectivity index (χ4n) is 1.79. The van der Waals surface area contributed by atoms with Crippen LogP contribution in [0.4, 0.5) is 0 Å². The van der Waals surface area contributed by atoms with Crippen molar-refractivity contribution in [2.75, 3.05) is 8.86 Å². The second-order valence-electron chi connectivity index (χ2n) is 4.19. The molecular formula is C11H14I2N4. The number of aromatic amines is 2. The first kappa shape index (κ1) is 13.3. The van der Waals surface area contributed by atoms with E-state index in [-0.39, 0.29) is 5.41 Å². The van der Waals surface area contributed by atoms with Crippen LogP contribution in [0.5, 0.6) is 0 Å². The first-order valence-corrected chi connectivity index (χ1v) is 8.41. The summed E-state index contributed by atoms with van der Waals surface area (Å²) in [6.07, 6.45) is 9.32. The van der Waals surface area contributed by atoms with Gasteiger partial charge in [0.1, 0.15) is 11.6 Å². The summed E-state index contributed by atoms with van der Waals surface area (Å²) in [6.45, 7) is 0. The van der Waals surface area contributed by atoms with Crippen molar-refractivity contribution in [3.63, 3.8) is 0 Å². The van der Waals surface area contributed by atoms with Crippen LogP contribution in [0.1, 0.15) is 11.6 Å². The number of nitrogens with one attached hydrogen (secondary N) is 2. The minimum absolute atomic E-state index is 0.219. The molecule has 92 valence electrons. The van der Waals surface area contributed by atoms with Crippen LogP contribution in [-0.2, 0) is 12.8 Å². The molecule has 0 unspecified atom stereocenters. The van der Waals surface area contributed by atoms with E-state index in [1.165, 1.54) is 0 Å². The Labute approximate surface area is 128 Å². The summed E-state index contributed by atoms with van der Waals surface area (Å²) in [5.74, 6) is 2.12. The van der Waals surface area contributed by atoms with Crippen LogP contribution in [0, 0.1) is 5.41 Å². The third kappa shape index (κ3) is 3.43. The van der Waals surface area contributed by atoms with Gasteiger partial charge in [0, 0.05) is 51.9 Å². The molecule has 0 saturated carbocycles. The molecule has 0 bridgehead atoms. The Morgan fingerprint density at radius 1 is 0.941 bits per heavy atom. The van der Waals surface area contributed by atoms with Gasteiger partial charge in [-0.1, -0.05) is 45.2 Å². The number of alkyl halides is 2. The van der Waals surface area contributed by atoms with E-state index in [2.05, 4.69) is 65.1 Å². The Kier molecular flexibility index (Phi) is 4.83. The van der Waals surface area contributed by atoms with Gasteiger partial charge in [-0.15, -0.1) is 0 Å². The van der Waals surface area contributed by atoms with E-state index in [1.54, 1.807) is 0 Å². The minimum atomic E-state index is 0.219. The van der Waals surface area contributed by atoms with Crippen LogP contribution < -0.4 is 0 Å². The molecule has 2 rings (SSSR count). The lowest BCUT2D eigenvalue weighted by atomic mass is 9.85. The summed E-state index contributed by atoms with van der Waals surface area (Å²) >= 11 is 4.93. The van der Waals surface area contributed by atoms with Gasteiger partial charge in [0.25, 0.3) is 0 Å². The Balaban J connectivity index is 2.13. The van der Waals surface area contributed by atoms with Crippen LogP contribution in [0.2, 0.25) is 0 Å². The summed E-state index contributed by atoms with van der Waals surface area (Å²) in [5, 5.41) is 0. The standard InChI is InChI=1S/C11H14I2N4/c12-7-11(8-13,5-9-14-1-2-15-9)6-10-16-3-4-17-10/h1-4H,5-8H2,(H,14,15)(H,16,17). The minimum Gasteiger partial charge on any atom is -0.349 e. The molecule has 0 aromatic carbocycles. The number of aromatic nitrogens is 4. The second kappa shape index (κ2) is 6.17. The van der Waals surface area contributed by atoms with Gasteiger partial charge in [0.2, 0.25) is 0 Å². The van der Waals surface area contributed by atoms with Gasteiger partial charge in [0.15, 0.2) is 0 Å². The molecule has 0 fully saturated rings. The quantitative estimate of drug-likeness (QED) is 0.519. The van der Waals surface area contributed by atoms with Crippen molar-refractivity contribution in [3.8, 4) is 0 Å². The summed E-state index contributed by atoms with van der Waals surface area (Å²) in [4.78, 5) is 15.1. The van der Waals surface area contributed by atoms with Crippen LogP contribution in [0.3, 0.4) is 0 Å². The molecule has 0 amide bonds. The molecule has 0 saturated heterocycles. The molecule has 0 radical (unpaired) electrons.